The van der Waals surface area contributed by atoms with E-state index < -0.39 is 23.8 Å². The van der Waals surface area contributed by atoms with Gasteiger partial charge < -0.3 is 19.9 Å². The van der Waals surface area contributed by atoms with Gasteiger partial charge >= 0.3 is 5.97 Å². The Hall–Kier alpha value is -1.99. The Bertz CT molecular complexity index is 499. The van der Waals surface area contributed by atoms with Gasteiger partial charge in [-0.3, -0.25) is 4.79 Å². The highest BCUT2D eigenvalue weighted by Gasteiger charge is 2.24. The van der Waals surface area contributed by atoms with Gasteiger partial charge in [-0.15, -0.1) is 0 Å². The Labute approximate surface area is 108 Å². The lowest BCUT2D eigenvalue weighted by Crippen LogP contribution is -2.39. The molecule has 1 saturated heterocycles. The number of halogens is 1. The van der Waals surface area contributed by atoms with Crippen LogP contribution in [0.1, 0.15) is 10.4 Å². The normalized spacial score (nSPS) is 18.9. The van der Waals surface area contributed by atoms with Crippen LogP contribution in [0.4, 0.5) is 10.1 Å². The van der Waals surface area contributed by atoms with Crippen LogP contribution >= 0.6 is 0 Å². The number of aromatic carboxylic acids is 1. The van der Waals surface area contributed by atoms with Crippen molar-refractivity contribution < 1.29 is 28.6 Å². The highest BCUT2D eigenvalue weighted by Crippen LogP contribution is 2.18. The topological polar surface area (TPSA) is 84.9 Å². The number of carboxylic acids is 1. The quantitative estimate of drug-likeness (QED) is 0.850. The van der Waals surface area contributed by atoms with Crippen LogP contribution in [-0.4, -0.2) is 42.9 Å². The number of ether oxygens (including phenoxy) is 2. The number of carboxylic acid groups (broad SMARTS) is 1. The summed E-state index contributed by atoms with van der Waals surface area (Å²) in [6, 6.07) is 3.05. The molecule has 1 fully saturated rings. The van der Waals surface area contributed by atoms with E-state index in [-0.39, 0.29) is 24.5 Å². The first kappa shape index (κ1) is 13.4. The smallest absolute Gasteiger partial charge is 0.337 e. The Morgan fingerprint density at radius 1 is 1.37 bits per heavy atom. The number of hydrogen-bond acceptors (Lipinski definition) is 4. The van der Waals surface area contributed by atoms with E-state index in [9.17, 15) is 14.0 Å². The maximum Gasteiger partial charge on any atom is 0.337 e. The standard InChI is InChI=1S/C12H12FNO5/c13-7-1-2-8(12(16)17)9(5-7)14-11(15)10-6-18-3-4-19-10/h1-2,5,10H,3-4,6H2,(H,14,15)(H,16,17). The Kier molecular flexibility index (Phi) is 4.08. The van der Waals surface area contributed by atoms with Crippen molar-refractivity contribution in [3.05, 3.63) is 29.6 Å². The van der Waals surface area contributed by atoms with E-state index >= 15 is 0 Å². The fraction of sp³-hybridized carbons (Fsp3) is 0.333. The van der Waals surface area contributed by atoms with Crippen LogP contribution in [0, 0.1) is 5.82 Å². The molecule has 1 unspecified atom stereocenters. The zero-order valence-corrected chi connectivity index (χ0v) is 9.89. The minimum absolute atomic E-state index is 0.0869. The van der Waals surface area contributed by atoms with E-state index in [1.54, 1.807) is 0 Å². The minimum atomic E-state index is -1.25. The largest absolute Gasteiger partial charge is 0.478 e. The average molecular weight is 269 g/mol. The summed E-state index contributed by atoms with van der Waals surface area (Å²) in [6.45, 7) is 0.778. The first-order chi connectivity index (χ1) is 9.08. The van der Waals surface area contributed by atoms with Crippen LogP contribution in [0.25, 0.3) is 0 Å². The van der Waals surface area contributed by atoms with Crippen LogP contribution in [-0.2, 0) is 14.3 Å². The molecule has 1 atom stereocenters. The summed E-state index contributed by atoms with van der Waals surface area (Å²) in [5, 5.41) is 11.3. The van der Waals surface area contributed by atoms with Gasteiger partial charge in [-0.25, -0.2) is 9.18 Å². The Balaban J connectivity index is 2.15. The number of amides is 1. The monoisotopic (exact) mass is 269 g/mol. The molecule has 0 aliphatic carbocycles. The highest BCUT2D eigenvalue weighted by molar-refractivity contribution is 6.01. The van der Waals surface area contributed by atoms with Gasteiger partial charge in [0.25, 0.3) is 5.91 Å². The van der Waals surface area contributed by atoms with Gasteiger partial charge in [-0.05, 0) is 18.2 Å². The van der Waals surface area contributed by atoms with Crippen molar-refractivity contribution in [3.63, 3.8) is 0 Å². The first-order valence-electron chi connectivity index (χ1n) is 5.61. The Morgan fingerprint density at radius 2 is 2.16 bits per heavy atom. The van der Waals surface area contributed by atoms with E-state index in [0.717, 1.165) is 18.2 Å². The van der Waals surface area contributed by atoms with Crippen LogP contribution in [0.3, 0.4) is 0 Å². The molecule has 1 aromatic carbocycles. The van der Waals surface area contributed by atoms with Crippen molar-refractivity contribution in [3.8, 4) is 0 Å². The SMILES string of the molecule is O=C(O)c1ccc(F)cc1NC(=O)C1COCCO1. The zero-order chi connectivity index (χ0) is 13.8. The summed E-state index contributed by atoms with van der Waals surface area (Å²) in [5.41, 5.74) is -0.293. The summed E-state index contributed by atoms with van der Waals surface area (Å²) in [6.07, 6.45) is -0.821. The van der Waals surface area contributed by atoms with Gasteiger partial charge in [-0.2, -0.15) is 0 Å². The van der Waals surface area contributed by atoms with Crippen LogP contribution in [0.2, 0.25) is 0 Å². The second-order valence-electron chi connectivity index (χ2n) is 3.92. The third-order valence-electron chi connectivity index (χ3n) is 2.58. The van der Waals surface area contributed by atoms with Crippen molar-refractivity contribution in [1.82, 2.24) is 0 Å². The number of carbonyl (C=O) groups is 2. The van der Waals surface area contributed by atoms with Gasteiger partial charge in [0.1, 0.15) is 5.82 Å². The van der Waals surface area contributed by atoms with Gasteiger partial charge in [0.05, 0.1) is 31.1 Å². The lowest BCUT2D eigenvalue weighted by molar-refractivity contribution is -0.142. The molecule has 0 aromatic heterocycles. The summed E-state index contributed by atoms with van der Waals surface area (Å²) < 4.78 is 23.3. The number of hydrogen-bond donors (Lipinski definition) is 2. The van der Waals surface area contributed by atoms with Gasteiger partial charge in [-0.1, -0.05) is 0 Å². The van der Waals surface area contributed by atoms with Crippen LogP contribution < -0.4 is 5.32 Å². The molecule has 0 bridgehead atoms. The first-order valence-corrected chi connectivity index (χ1v) is 5.61. The summed E-state index contributed by atoms with van der Waals surface area (Å²) in [5.74, 6) is -2.45. The third kappa shape index (κ3) is 3.27. The molecule has 0 saturated carbocycles. The van der Waals surface area contributed by atoms with Crippen LogP contribution in [0.15, 0.2) is 18.2 Å². The minimum Gasteiger partial charge on any atom is -0.478 e. The molecule has 2 rings (SSSR count). The fourth-order valence-corrected chi connectivity index (χ4v) is 1.66. The maximum absolute atomic E-state index is 13.1. The summed E-state index contributed by atoms with van der Waals surface area (Å²) in [7, 11) is 0. The molecule has 1 aliphatic heterocycles. The van der Waals surface area contributed by atoms with Gasteiger partial charge in [0.15, 0.2) is 6.10 Å². The second-order valence-corrected chi connectivity index (χ2v) is 3.92. The molecule has 2 N–H and O–H groups in total. The molecular formula is C12H12FNO5. The van der Waals surface area contributed by atoms with Gasteiger partial charge in [0, 0.05) is 0 Å². The predicted molar refractivity (Wildman–Crippen MR) is 62.5 cm³/mol. The zero-order valence-electron chi connectivity index (χ0n) is 9.89. The summed E-state index contributed by atoms with van der Waals surface area (Å²) in [4.78, 5) is 22.8. The molecule has 1 amide bonds. The van der Waals surface area contributed by atoms with Crippen molar-refractivity contribution in [2.24, 2.45) is 0 Å². The molecule has 1 aromatic rings. The molecular weight excluding hydrogens is 257 g/mol. The molecule has 6 nitrogen and oxygen atoms in total. The highest BCUT2D eigenvalue weighted by atomic mass is 19.1. The number of anilines is 1. The number of benzene rings is 1. The average Bonchev–Trinajstić information content (AvgIpc) is 2.39. The fourth-order valence-electron chi connectivity index (χ4n) is 1.66. The maximum atomic E-state index is 13.1. The van der Waals surface area contributed by atoms with Crippen molar-refractivity contribution in [1.29, 1.82) is 0 Å². The van der Waals surface area contributed by atoms with Crippen molar-refractivity contribution in [2.45, 2.75) is 6.10 Å². The van der Waals surface area contributed by atoms with Gasteiger partial charge in [0.2, 0.25) is 0 Å². The molecule has 0 radical (unpaired) electrons. The summed E-state index contributed by atoms with van der Waals surface area (Å²) >= 11 is 0. The molecule has 0 spiro atoms. The number of nitrogens with one attached hydrogen (secondary N) is 1. The molecule has 19 heavy (non-hydrogen) atoms. The predicted octanol–water partition coefficient (Wildman–Crippen LogP) is 0.878. The third-order valence-corrected chi connectivity index (χ3v) is 2.58. The van der Waals surface area contributed by atoms with E-state index in [0.29, 0.717) is 6.61 Å². The van der Waals surface area contributed by atoms with E-state index in [1.807, 2.05) is 0 Å². The van der Waals surface area contributed by atoms with Crippen LogP contribution in [0.5, 0.6) is 0 Å². The van der Waals surface area contributed by atoms with E-state index in [2.05, 4.69) is 5.32 Å². The van der Waals surface area contributed by atoms with Crippen molar-refractivity contribution in [2.75, 3.05) is 25.1 Å². The van der Waals surface area contributed by atoms with Crippen molar-refractivity contribution >= 4 is 17.6 Å². The molecule has 1 heterocycles. The molecule has 102 valence electrons. The molecule has 1 aliphatic rings. The van der Waals surface area contributed by atoms with E-state index in [1.165, 1.54) is 0 Å². The number of rotatable bonds is 3. The Morgan fingerprint density at radius 3 is 2.79 bits per heavy atom. The molecule has 7 heteroatoms. The second kappa shape index (κ2) is 5.77. The van der Waals surface area contributed by atoms with E-state index in [4.69, 9.17) is 14.6 Å². The lowest BCUT2D eigenvalue weighted by atomic mass is 10.1. The number of carbonyl (C=O) groups excluding carboxylic acids is 1. The lowest BCUT2D eigenvalue weighted by Gasteiger charge is -2.22.